The molecule has 226 valence electrons. The largest absolute Gasteiger partial charge is 0.494 e. The first-order chi connectivity index (χ1) is 20.1. The van der Waals surface area contributed by atoms with Crippen molar-refractivity contribution in [2.24, 2.45) is 0 Å². The van der Waals surface area contributed by atoms with Crippen LogP contribution in [0.3, 0.4) is 0 Å². The molecule has 3 aromatic rings. The fraction of sp³-hybridized carbons (Fsp3) is 0.355. The molecule has 3 rings (SSSR count). The van der Waals surface area contributed by atoms with Crippen molar-refractivity contribution in [2.45, 2.75) is 57.5 Å². The molecule has 0 unspecified atom stereocenters. The van der Waals surface area contributed by atoms with Gasteiger partial charge in [-0.25, -0.2) is 17.2 Å². The third-order valence-electron chi connectivity index (χ3n) is 6.60. The molecule has 3 aromatic carbocycles. The fourth-order valence-corrected chi connectivity index (χ4v) is 5.76. The van der Waals surface area contributed by atoms with Crippen LogP contribution >= 0.6 is 0 Å². The van der Waals surface area contributed by atoms with Crippen LogP contribution in [0.15, 0.2) is 77.7 Å². The number of anilines is 1. The van der Waals surface area contributed by atoms with Gasteiger partial charge in [0.2, 0.25) is 11.8 Å². The van der Waals surface area contributed by atoms with Crippen LogP contribution in [0.4, 0.5) is 14.5 Å². The van der Waals surface area contributed by atoms with E-state index in [4.69, 9.17) is 4.74 Å². The van der Waals surface area contributed by atoms with Crippen LogP contribution in [0.1, 0.15) is 45.6 Å². The van der Waals surface area contributed by atoms with Crippen molar-refractivity contribution in [3.63, 3.8) is 0 Å². The molecule has 0 aliphatic rings. The summed E-state index contributed by atoms with van der Waals surface area (Å²) in [5.74, 6) is -1.55. The van der Waals surface area contributed by atoms with E-state index < -0.39 is 40.2 Å². The minimum atomic E-state index is -4.35. The molecule has 0 radical (unpaired) electrons. The highest BCUT2D eigenvalue weighted by Gasteiger charge is 2.33. The van der Waals surface area contributed by atoms with E-state index in [1.54, 1.807) is 19.1 Å². The van der Waals surface area contributed by atoms with Crippen molar-refractivity contribution >= 4 is 27.5 Å². The number of nitrogens with one attached hydrogen (secondary N) is 1. The molecule has 0 aliphatic carbocycles. The standard InChI is InChI=1S/C31H37F2N3O5S/c1-4-7-20-34-31(38)29(5-2)35(21-23-8-10-24(32)11-9-23)30(37)22-36(26-14-16-27(17-15-26)41-6-3)42(39,40)28-18-12-25(33)13-19-28/h8-19,29H,4-7,20-22H2,1-3H3,(H,34,38)/t29-/m0/s1. The zero-order valence-corrected chi connectivity index (χ0v) is 24.9. The average Bonchev–Trinajstić information content (AvgIpc) is 2.97. The van der Waals surface area contributed by atoms with Gasteiger partial charge in [-0.05, 0) is 86.0 Å². The van der Waals surface area contributed by atoms with Crippen LogP contribution in [-0.2, 0) is 26.2 Å². The zero-order valence-electron chi connectivity index (χ0n) is 24.1. The summed E-state index contributed by atoms with van der Waals surface area (Å²) >= 11 is 0. The Hall–Kier alpha value is -3.99. The number of carbonyl (C=O) groups excluding carboxylic acids is 2. The predicted molar refractivity (Wildman–Crippen MR) is 157 cm³/mol. The summed E-state index contributed by atoms with van der Waals surface area (Å²) in [7, 11) is -4.35. The number of ether oxygens (including phenoxy) is 1. The number of benzene rings is 3. The summed E-state index contributed by atoms with van der Waals surface area (Å²) in [6.07, 6.45) is 1.89. The van der Waals surface area contributed by atoms with Crippen LogP contribution in [0, 0.1) is 11.6 Å². The predicted octanol–water partition coefficient (Wildman–Crippen LogP) is 5.28. The fourth-order valence-electron chi connectivity index (χ4n) is 4.35. The topological polar surface area (TPSA) is 96.0 Å². The lowest BCUT2D eigenvalue weighted by molar-refractivity contribution is -0.140. The number of rotatable bonds is 15. The SMILES string of the molecule is CCCCNC(=O)[C@H](CC)N(Cc1ccc(F)cc1)C(=O)CN(c1ccc(OCC)cc1)S(=O)(=O)c1ccc(F)cc1. The Morgan fingerprint density at radius 1 is 0.881 bits per heavy atom. The molecule has 0 heterocycles. The van der Waals surface area contributed by atoms with Gasteiger partial charge in [-0.2, -0.15) is 0 Å². The molecule has 1 atom stereocenters. The van der Waals surface area contributed by atoms with Crippen LogP contribution in [-0.4, -0.2) is 50.9 Å². The van der Waals surface area contributed by atoms with Crippen molar-refractivity contribution < 1.29 is 31.5 Å². The first-order valence-corrected chi connectivity index (χ1v) is 15.4. The highest BCUT2D eigenvalue weighted by molar-refractivity contribution is 7.92. The Morgan fingerprint density at radius 2 is 1.48 bits per heavy atom. The van der Waals surface area contributed by atoms with Crippen LogP contribution in [0.2, 0.25) is 0 Å². The molecule has 2 amide bonds. The summed E-state index contributed by atoms with van der Waals surface area (Å²) < 4.78 is 61.3. The normalized spacial score (nSPS) is 11.9. The Morgan fingerprint density at radius 3 is 2.02 bits per heavy atom. The van der Waals surface area contributed by atoms with E-state index in [2.05, 4.69) is 5.32 Å². The van der Waals surface area contributed by atoms with E-state index in [1.807, 2.05) is 13.8 Å². The monoisotopic (exact) mass is 601 g/mol. The van der Waals surface area contributed by atoms with Gasteiger partial charge in [0.15, 0.2) is 0 Å². The summed E-state index contributed by atoms with van der Waals surface area (Å²) in [6.45, 7) is 5.71. The van der Waals surface area contributed by atoms with Gasteiger partial charge in [0.05, 0.1) is 17.2 Å². The second kappa shape index (κ2) is 15.3. The van der Waals surface area contributed by atoms with Crippen molar-refractivity contribution in [3.8, 4) is 5.75 Å². The maximum absolute atomic E-state index is 14.0. The molecule has 42 heavy (non-hydrogen) atoms. The average molecular weight is 602 g/mol. The minimum Gasteiger partial charge on any atom is -0.494 e. The van der Waals surface area contributed by atoms with Gasteiger partial charge in [-0.1, -0.05) is 32.4 Å². The molecule has 0 saturated heterocycles. The Bertz CT molecular complexity index is 1420. The van der Waals surface area contributed by atoms with Gasteiger partial charge >= 0.3 is 0 Å². The Balaban J connectivity index is 2.03. The maximum Gasteiger partial charge on any atom is 0.264 e. The quantitative estimate of drug-likeness (QED) is 0.239. The summed E-state index contributed by atoms with van der Waals surface area (Å²) in [6, 6.07) is 15.1. The van der Waals surface area contributed by atoms with Gasteiger partial charge < -0.3 is 15.0 Å². The highest BCUT2D eigenvalue weighted by Crippen LogP contribution is 2.27. The first-order valence-electron chi connectivity index (χ1n) is 13.9. The minimum absolute atomic E-state index is 0.0491. The number of carbonyl (C=O) groups is 2. The molecule has 0 saturated carbocycles. The van der Waals surface area contributed by atoms with Crippen molar-refractivity contribution in [2.75, 3.05) is 24.0 Å². The van der Waals surface area contributed by atoms with Gasteiger partial charge in [0.25, 0.3) is 10.0 Å². The van der Waals surface area contributed by atoms with Gasteiger partial charge in [-0.15, -0.1) is 0 Å². The number of amides is 2. The van der Waals surface area contributed by atoms with Crippen molar-refractivity contribution in [1.82, 2.24) is 10.2 Å². The number of sulfonamides is 1. The maximum atomic E-state index is 14.0. The summed E-state index contributed by atoms with van der Waals surface area (Å²) in [5, 5.41) is 2.86. The highest BCUT2D eigenvalue weighted by atomic mass is 32.2. The number of unbranched alkanes of at least 4 members (excludes halogenated alkanes) is 1. The molecular formula is C31H37F2N3O5S. The molecule has 1 N–H and O–H groups in total. The molecule has 0 fully saturated rings. The second-order valence-electron chi connectivity index (χ2n) is 9.61. The zero-order chi connectivity index (χ0) is 30.7. The summed E-state index contributed by atoms with van der Waals surface area (Å²) in [5.41, 5.74) is 0.747. The number of halogens is 2. The first kappa shape index (κ1) is 32.5. The lowest BCUT2D eigenvalue weighted by Gasteiger charge is -2.33. The molecule has 0 aromatic heterocycles. The lowest BCUT2D eigenvalue weighted by Crippen LogP contribution is -2.52. The Labute approximate surface area is 246 Å². The van der Waals surface area contributed by atoms with Gasteiger partial charge in [0.1, 0.15) is 30.0 Å². The summed E-state index contributed by atoms with van der Waals surface area (Å²) in [4.78, 5) is 28.3. The van der Waals surface area contributed by atoms with E-state index in [0.29, 0.717) is 24.5 Å². The number of hydrogen-bond donors (Lipinski definition) is 1. The van der Waals surface area contributed by atoms with E-state index in [1.165, 1.54) is 41.3 Å². The van der Waals surface area contributed by atoms with Crippen molar-refractivity contribution in [3.05, 3.63) is 90.0 Å². The molecule has 0 spiro atoms. The molecule has 0 bridgehead atoms. The number of nitrogens with zero attached hydrogens (tertiary/aromatic N) is 2. The van der Waals surface area contributed by atoms with Gasteiger partial charge in [-0.3, -0.25) is 13.9 Å². The van der Waals surface area contributed by atoms with E-state index in [-0.39, 0.29) is 29.5 Å². The second-order valence-corrected chi connectivity index (χ2v) is 11.5. The van der Waals surface area contributed by atoms with Gasteiger partial charge in [0, 0.05) is 13.1 Å². The van der Waals surface area contributed by atoms with E-state index >= 15 is 0 Å². The third-order valence-corrected chi connectivity index (χ3v) is 8.39. The Kier molecular flexibility index (Phi) is 11.8. The van der Waals surface area contributed by atoms with E-state index in [9.17, 15) is 26.8 Å². The number of hydrogen-bond acceptors (Lipinski definition) is 5. The van der Waals surface area contributed by atoms with E-state index in [0.717, 1.165) is 41.4 Å². The van der Waals surface area contributed by atoms with Crippen LogP contribution in [0.25, 0.3) is 0 Å². The lowest BCUT2D eigenvalue weighted by atomic mass is 10.1. The van der Waals surface area contributed by atoms with Crippen LogP contribution < -0.4 is 14.4 Å². The van der Waals surface area contributed by atoms with Crippen LogP contribution in [0.5, 0.6) is 5.75 Å². The van der Waals surface area contributed by atoms with Crippen molar-refractivity contribution in [1.29, 1.82) is 0 Å². The molecule has 0 aliphatic heterocycles. The molecule has 11 heteroatoms. The smallest absolute Gasteiger partial charge is 0.264 e. The molecular weight excluding hydrogens is 564 g/mol. The molecule has 8 nitrogen and oxygen atoms in total. The third kappa shape index (κ3) is 8.51.